The van der Waals surface area contributed by atoms with Crippen molar-refractivity contribution in [3.8, 4) is 0 Å². The van der Waals surface area contributed by atoms with Crippen molar-refractivity contribution in [3.63, 3.8) is 0 Å². The van der Waals surface area contributed by atoms with Crippen LogP contribution in [0.5, 0.6) is 0 Å². The SMILES string of the molecule is CCCCCCCCCCCCCCCC[P+](C)(C)CC.[Br-]. The molecule has 0 aromatic heterocycles. The van der Waals surface area contributed by atoms with Crippen molar-refractivity contribution in [1.82, 2.24) is 0 Å². The van der Waals surface area contributed by atoms with Crippen LogP contribution in [0.2, 0.25) is 0 Å². The highest BCUT2D eigenvalue weighted by Crippen LogP contribution is 2.51. The Morgan fingerprint density at radius 3 is 1.14 bits per heavy atom. The zero-order valence-electron chi connectivity index (χ0n) is 16.1. The van der Waals surface area contributed by atoms with Crippen LogP contribution in [0.15, 0.2) is 0 Å². The van der Waals surface area contributed by atoms with Gasteiger partial charge in [-0.15, -0.1) is 0 Å². The van der Waals surface area contributed by atoms with E-state index < -0.39 is 7.26 Å². The molecule has 0 aliphatic rings. The van der Waals surface area contributed by atoms with E-state index in [1.807, 2.05) is 0 Å². The Morgan fingerprint density at radius 1 is 0.500 bits per heavy atom. The Kier molecular flexibility index (Phi) is 20.9. The van der Waals surface area contributed by atoms with Crippen LogP contribution in [0.25, 0.3) is 0 Å². The number of halogens is 1. The van der Waals surface area contributed by atoms with E-state index in [1.165, 1.54) is 102 Å². The lowest BCUT2D eigenvalue weighted by Crippen LogP contribution is -3.00. The van der Waals surface area contributed by atoms with Crippen LogP contribution in [0.4, 0.5) is 0 Å². The molecular formula is C20H44BrP. The minimum Gasteiger partial charge on any atom is -1.00 e. The highest BCUT2D eigenvalue weighted by molar-refractivity contribution is 7.74. The smallest absolute Gasteiger partial charge is 0.0588 e. The average molecular weight is 395 g/mol. The van der Waals surface area contributed by atoms with Gasteiger partial charge in [-0.25, -0.2) is 0 Å². The van der Waals surface area contributed by atoms with Gasteiger partial charge in [0, 0.05) is 20.6 Å². The number of rotatable bonds is 16. The minimum absolute atomic E-state index is 0. The van der Waals surface area contributed by atoms with E-state index >= 15 is 0 Å². The normalized spacial score (nSPS) is 11.5. The number of hydrogen-bond acceptors (Lipinski definition) is 0. The molecule has 0 aliphatic carbocycles. The largest absolute Gasteiger partial charge is 1.00 e. The Balaban J connectivity index is 0. The van der Waals surface area contributed by atoms with Crippen molar-refractivity contribution < 1.29 is 17.0 Å². The molecule has 0 bridgehead atoms. The quantitative estimate of drug-likeness (QED) is 0.261. The van der Waals surface area contributed by atoms with Gasteiger partial charge in [-0.1, -0.05) is 84.0 Å². The summed E-state index contributed by atoms with van der Waals surface area (Å²) in [4.78, 5) is 0. The first-order valence-corrected chi connectivity index (χ1v) is 13.0. The molecule has 0 nitrogen and oxygen atoms in total. The number of unbranched alkanes of at least 4 members (excludes halogenated alkanes) is 13. The Morgan fingerprint density at radius 2 is 0.818 bits per heavy atom. The third-order valence-electron chi connectivity index (χ3n) is 4.97. The molecule has 0 amide bonds. The standard InChI is InChI=1S/C20H44P.BrH/c1-5-7-8-9-10-11-12-13-14-15-16-17-18-19-20-21(3,4)6-2;/h5-20H2,1-4H3;1H/q+1;/p-1. The van der Waals surface area contributed by atoms with Gasteiger partial charge in [-0.05, 0) is 19.8 Å². The Labute approximate surface area is 153 Å². The number of hydrogen-bond donors (Lipinski definition) is 0. The van der Waals surface area contributed by atoms with Crippen molar-refractivity contribution >= 4 is 7.26 Å². The zero-order valence-corrected chi connectivity index (χ0v) is 18.6. The summed E-state index contributed by atoms with van der Waals surface area (Å²) in [5.41, 5.74) is 0. The molecule has 0 aromatic rings. The summed E-state index contributed by atoms with van der Waals surface area (Å²) in [5, 5.41) is 0. The molecule has 0 rings (SSSR count). The van der Waals surface area contributed by atoms with Crippen LogP contribution in [-0.4, -0.2) is 25.7 Å². The zero-order chi connectivity index (χ0) is 15.8. The van der Waals surface area contributed by atoms with Crippen LogP contribution < -0.4 is 17.0 Å². The summed E-state index contributed by atoms with van der Waals surface area (Å²) in [6, 6.07) is 0. The van der Waals surface area contributed by atoms with Crippen LogP contribution in [0.1, 0.15) is 104 Å². The summed E-state index contributed by atoms with van der Waals surface area (Å²) in [6.45, 7) is 9.72. The highest BCUT2D eigenvalue weighted by Gasteiger charge is 2.20. The predicted molar refractivity (Wildman–Crippen MR) is 104 cm³/mol. The molecule has 0 unspecified atom stereocenters. The first kappa shape index (κ1) is 25.2. The molecule has 0 fully saturated rings. The van der Waals surface area contributed by atoms with E-state index in [9.17, 15) is 0 Å². The molecule has 0 radical (unpaired) electrons. The molecule has 0 atom stereocenters. The summed E-state index contributed by atoms with van der Waals surface area (Å²) in [7, 11) is -0.508. The van der Waals surface area contributed by atoms with Gasteiger partial charge >= 0.3 is 0 Å². The average Bonchev–Trinajstić information content (AvgIpc) is 2.47. The fourth-order valence-electron chi connectivity index (χ4n) is 2.89. The van der Waals surface area contributed by atoms with Gasteiger partial charge in [0.05, 0.1) is 12.3 Å². The van der Waals surface area contributed by atoms with Crippen molar-refractivity contribution in [2.45, 2.75) is 104 Å². The molecule has 22 heavy (non-hydrogen) atoms. The molecule has 0 saturated carbocycles. The second kappa shape index (κ2) is 18.3. The van der Waals surface area contributed by atoms with E-state index in [2.05, 4.69) is 27.2 Å². The third-order valence-corrected chi connectivity index (χ3v) is 8.21. The molecule has 0 N–H and O–H groups in total. The Bertz CT molecular complexity index is 204. The fraction of sp³-hybridized carbons (Fsp3) is 1.00. The van der Waals surface area contributed by atoms with Gasteiger partial charge < -0.3 is 17.0 Å². The summed E-state index contributed by atoms with van der Waals surface area (Å²) in [5.74, 6) is 0. The fourth-order valence-corrected chi connectivity index (χ4v) is 4.29. The summed E-state index contributed by atoms with van der Waals surface area (Å²) < 4.78 is 0. The van der Waals surface area contributed by atoms with Gasteiger partial charge in [0.25, 0.3) is 0 Å². The van der Waals surface area contributed by atoms with Crippen molar-refractivity contribution in [2.75, 3.05) is 25.7 Å². The van der Waals surface area contributed by atoms with Crippen LogP contribution in [-0.2, 0) is 0 Å². The van der Waals surface area contributed by atoms with Crippen LogP contribution in [0.3, 0.4) is 0 Å². The molecule has 136 valence electrons. The third kappa shape index (κ3) is 19.0. The molecule has 0 spiro atoms. The van der Waals surface area contributed by atoms with Crippen LogP contribution >= 0.6 is 7.26 Å². The predicted octanol–water partition coefficient (Wildman–Crippen LogP) is 4.77. The molecule has 0 aromatic carbocycles. The van der Waals surface area contributed by atoms with E-state index in [0.29, 0.717) is 0 Å². The van der Waals surface area contributed by atoms with E-state index in [4.69, 9.17) is 0 Å². The summed E-state index contributed by atoms with van der Waals surface area (Å²) >= 11 is 0. The van der Waals surface area contributed by atoms with Crippen molar-refractivity contribution in [3.05, 3.63) is 0 Å². The molecule has 0 heterocycles. The molecule has 2 heteroatoms. The van der Waals surface area contributed by atoms with Crippen molar-refractivity contribution in [1.29, 1.82) is 0 Å². The highest BCUT2D eigenvalue weighted by atomic mass is 79.9. The summed E-state index contributed by atoms with van der Waals surface area (Å²) in [6.07, 6.45) is 23.6. The minimum atomic E-state index is -0.508. The topological polar surface area (TPSA) is 0 Å². The maximum absolute atomic E-state index is 2.52. The second-order valence-corrected chi connectivity index (χ2v) is 12.5. The maximum Gasteiger partial charge on any atom is 0.0588 e. The molecule has 0 saturated heterocycles. The van der Waals surface area contributed by atoms with E-state index in [0.717, 1.165) is 0 Å². The first-order chi connectivity index (χ1) is 10.1. The van der Waals surface area contributed by atoms with Gasteiger partial charge in [-0.3, -0.25) is 0 Å². The van der Waals surface area contributed by atoms with Gasteiger partial charge in [-0.2, -0.15) is 0 Å². The van der Waals surface area contributed by atoms with Gasteiger partial charge in [0.1, 0.15) is 0 Å². The van der Waals surface area contributed by atoms with Gasteiger partial charge in [0.2, 0.25) is 0 Å². The lowest BCUT2D eigenvalue weighted by Gasteiger charge is -2.15. The lowest BCUT2D eigenvalue weighted by atomic mass is 10.0. The van der Waals surface area contributed by atoms with Crippen LogP contribution in [0, 0.1) is 0 Å². The van der Waals surface area contributed by atoms with Gasteiger partial charge in [0.15, 0.2) is 0 Å². The van der Waals surface area contributed by atoms with E-state index in [1.54, 1.807) is 0 Å². The Hall–Kier alpha value is 0.910. The van der Waals surface area contributed by atoms with Crippen molar-refractivity contribution in [2.24, 2.45) is 0 Å². The first-order valence-electron chi connectivity index (χ1n) is 9.94. The molecule has 0 aliphatic heterocycles. The van der Waals surface area contributed by atoms with E-state index in [-0.39, 0.29) is 17.0 Å². The second-order valence-electron chi connectivity index (χ2n) is 7.57. The maximum atomic E-state index is 2.52. The monoisotopic (exact) mass is 394 g/mol. The molecular weight excluding hydrogens is 351 g/mol. The lowest BCUT2D eigenvalue weighted by molar-refractivity contribution is -0.00000495.